The zero-order valence-electron chi connectivity index (χ0n) is 18.4. The quantitative estimate of drug-likeness (QED) is 0.509. The molecule has 1 spiro atoms. The van der Waals surface area contributed by atoms with E-state index in [1.165, 1.54) is 11.1 Å². The van der Waals surface area contributed by atoms with Gasteiger partial charge in [0.2, 0.25) is 0 Å². The summed E-state index contributed by atoms with van der Waals surface area (Å²) in [5.74, 6) is 0.752. The van der Waals surface area contributed by atoms with Crippen molar-refractivity contribution < 1.29 is 9.59 Å². The zero-order chi connectivity index (χ0) is 21.6. The number of fused-ring (bicyclic) bond motifs is 3. The van der Waals surface area contributed by atoms with E-state index >= 15 is 0 Å². The van der Waals surface area contributed by atoms with Crippen molar-refractivity contribution in [2.75, 3.05) is 11.4 Å². The molecule has 1 saturated carbocycles. The predicted molar refractivity (Wildman–Crippen MR) is 126 cm³/mol. The van der Waals surface area contributed by atoms with Crippen molar-refractivity contribution in [2.45, 2.75) is 52.0 Å². The number of hydrogen-bond acceptors (Lipinski definition) is 3. The summed E-state index contributed by atoms with van der Waals surface area (Å²) in [7, 11) is 0. The highest BCUT2D eigenvalue weighted by Gasteiger charge is 2.50. The molecule has 1 heterocycles. The molecule has 0 unspecified atom stereocenters. The van der Waals surface area contributed by atoms with Crippen molar-refractivity contribution in [1.29, 1.82) is 0 Å². The molecule has 0 aromatic heterocycles. The maximum Gasteiger partial charge on any atom is 0.148 e. The molecule has 0 bridgehead atoms. The zero-order valence-corrected chi connectivity index (χ0v) is 18.4. The van der Waals surface area contributed by atoms with Crippen LogP contribution in [0.25, 0.3) is 10.8 Å². The topological polar surface area (TPSA) is 37.4 Å². The van der Waals surface area contributed by atoms with Crippen LogP contribution in [-0.4, -0.2) is 18.1 Å². The first-order valence-corrected chi connectivity index (χ1v) is 11.4. The van der Waals surface area contributed by atoms with E-state index in [0.29, 0.717) is 44.7 Å². The lowest BCUT2D eigenvalue weighted by Gasteiger charge is -2.45. The molecular formula is C28H29NO2. The van der Waals surface area contributed by atoms with E-state index in [0.717, 1.165) is 22.0 Å². The largest absolute Gasteiger partial charge is 0.365 e. The molecule has 3 heteroatoms. The minimum Gasteiger partial charge on any atom is -0.365 e. The highest BCUT2D eigenvalue weighted by molar-refractivity contribution is 6.11. The summed E-state index contributed by atoms with van der Waals surface area (Å²) in [6.07, 6.45) is 2.26. The van der Waals surface area contributed by atoms with Gasteiger partial charge in [-0.2, -0.15) is 0 Å². The Hall–Kier alpha value is -2.94. The van der Waals surface area contributed by atoms with Crippen LogP contribution in [0, 0.1) is 5.41 Å². The highest BCUT2D eigenvalue weighted by atomic mass is 16.2. The van der Waals surface area contributed by atoms with E-state index in [-0.39, 0.29) is 11.6 Å². The third-order valence-electron chi connectivity index (χ3n) is 7.19. The third kappa shape index (κ3) is 3.37. The Balaban J connectivity index is 1.61. The standard InChI is InChI=1S/C28H29NO2/c1-19(2)21-12-10-20(11-13-21)17-29-18-28(26(30)8-5-9-27(28)31)16-24-23-7-4-3-6-22(23)14-15-25(24)29/h3-4,6-7,10-15,19H,5,8-9,16-18H2,1-2H3. The molecular weight excluding hydrogens is 382 g/mol. The Labute approximate surface area is 184 Å². The number of carbonyl (C=O) groups is 2. The van der Waals surface area contributed by atoms with Crippen LogP contribution in [-0.2, 0) is 22.6 Å². The van der Waals surface area contributed by atoms with Gasteiger partial charge in [-0.05, 0) is 52.3 Å². The van der Waals surface area contributed by atoms with Crippen molar-refractivity contribution >= 4 is 28.0 Å². The van der Waals surface area contributed by atoms with Crippen molar-refractivity contribution in [3.63, 3.8) is 0 Å². The maximum absolute atomic E-state index is 13.2. The van der Waals surface area contributed by atoms with Gasteiger partial charge >= 0.3 is 0 Å². The number of benzene rings is 3. The fourth-order valence-corrected chi connectivity index (χ4v) is 5.36. The Bertz CT molecular complexity index is 1140. The predicted octanol–water partition coefficient (Wildman–Crippen LogP) is 5.83. The van der Waals surface area contributed by atoms with Gasteiger partial charge in [0.15, 0.2) is 0 Å². The van der Waals surface area contributed by atoms with Crippen LogP contribution in [0.1, 0.15) is 55.7 Å². The summed E-state index contributed by atoms with van der Waals surface area (Å²) in [6, 6.07) is 21.4. The number of nitrogens with zero attached hydrogens (tertiary/aromatic N) is 1. The van der Waals surface area contributed by atoms with Crippen molar-refractivity contribution in [1.82, 2.24) is 0 Å². The lowest BCUT2D eigenvalue weighted by molar-refractivity contribution is -0.143. The van der Waals surface area contributed by atoms with Gasteiger partial charge in [-0.3, -0.25) is 9.59 Å². The molecule has 158 valence electrons. The van der Waals surface area contributed by atoms with Crippen LogP contribution >= 0.6 is 0 Å². The first-order valence-electron chi connectivity index (χ1n) is 11.4. The van der Waals surface area contributed by atoms with E-state index in [1.54, 1.807) is 0 Å². The minimum atomic E-state index is -0.896. The van der Waals surface area contributed by atoms with E-state index in [1.807, 2.05) is 12.1 Å². The summed E-state index contributed by atoms with van der Waals surface area (Å²) in [6.45, 7) is 5.59. The smallest absolute Gasteiger partial charge is 0.148 e. The van der Waals surface area contributed by atoms with Gasteiger partial charge in [0, 0.05) is 31.6 Å². The molecule has 0 N–H and O–H groups in total. The van der Waals surface area contributed by atoms with Gasteiger partial charge in [-0.1, -0.05) is 68.4 Å². The number of ketones is 2. The van der Waals surface area contributed by atoms with Crippen LogP contribution in [0.3, 0.4) is 0 Å². The monoisotopic (exact) mass is 411 g/mol. The number of rotatable bonds is 3. The molecule has 3 nitrogen and oxygen atoms in total. The Morgan fingerprint density at radius 1 is 0.903 bits per heavy atom. The summed E-state index contributed by atoms with van der Waals surface area (Å²) >= 11 is 0. The van der Waals surface area contributed by atoms with Crippen LogP contribution in [0.4, 0.5) is 5.69 Å². The molecule has 1 aliphatic heterocycles. The fourth-order valence-electron chi connectivity index (χ4n) is 5.36. The van der Waals surface area contributed by atoms with Crippen molar-refractivity contribution in [2.24, 2.45) is 5.41 Å². The summed E-state index contributed by atoms with van der Waals surface area (Å²) in [5, 5.41) is 2.32. The number of anilines is 1. The van der Waals surface area contributed by atoms with Gasteiger partial charge in [0.25, 0.3) is 0 Å². The second-order valence-electron chi connectivity index (χ2n) is 9.50. The molecule has 2 aliphatic rings. The molecule has 0 saturated heterocycles. The molecule has 0 amide bonds. The van der Waals surface area contributed by atoms with Gasteiger partial charge in [0.1, 0.15) is 17.0 Å². The second kappa shape index (κ2) is 7.64. The highest BCUT2D eigenvalue weighted by Crippen LogP contribution is 2.45. The number of hydrogen-bond donors (Lipinski definition) is 0. The average Bonchev–Trinajstić information content (AvgIpc) is 2.78. The van der Waals surface area contributed by atoms with Crippen LogP contribution in [0.2, 0.25) is 0 Å². The van der Waals surface area contributed by atoms with Crippen molar-refractivity contribution in [3.05, 3.63) is 77.4 Å². The lowest BCUT2D eigenvalue weighted by atomic mass is 9.65. The van der Waals surface area contributed by atoms with Gasteiger partial charge in [0.05, 0.1) is 0 Å². The number of Topliss-reactive ketones (excluding diaryl/α,β-unsaturated/α-hetero) is 2. The molecule has 5 rings (SSSR count). The van der Waals surface area contributed by atoms with Crippen molar-refractivity contribution in [3.8, 4) is 0 Å². The van der Waals surface area contributed by atoms with Gasteiger partial charge < -0.3 is 4.90 Å². The molecule has 0 atom stereocenters. The Morgan fingerprint density at radius 2 is 1.61 bits per heavy atom. The first-order chi connectivity index (χ1) is 15.0. The molecule has 31 heavy (non-hydrogen) atoms. The Kier molecular flexibility index (Phi) is 4.92. The SMILES string of the molecule is CC(C)c1ccc(CN2CC3(Cc4c2ccc2ccccc42)C(=O)CCCC3=O)cc1. The van der Waals surface area contributed by atoms with E-state index < -0.39 is 5.41 Å². The lowest BCUT2D eigenvalue weighted by Crippen LogP contribution is -2.54. The van der Waals surface area contributed by atoms with Gasteiger partial charge in [-0.25, -0.2) is 0 Å². The van der Waals surface area contributed by atoms with Crippen LogP contribution in [0.15, 0.2) is 60.7 Å². The number of carbonyl (C=O) groups excluding carboxylic acids is 2. The van der Waals surface area contributed by atoms with Gasteiger partial charge in [-0.15, -0.1) is 0 Å². The minimum absolute atomic E-state index is 0.127. The van der Waals surface area contributed by atoms with E-state index in [4.69, 9.17) is 0 Å². The fraction of sp³-hybridized carbons (Fsp3) is 0.357. The maximum atomic E-state index is 13.2. The third-order valence-corrected chi connectivity index (χ3v) is 7.19. The van der Waals surface area contributed by atoms with E-state index in [9.17, 15) is 9.59 Å². The Morgan fingerprint density at radius 3 is 2.32 bits per heavy atom. The average molecular weight is 412 g/mol. The van der Waals surface area contributed by atoms with Crippen LogP contribution in [0.5, 0.6) is 0 Å². The van der Waals surface area contributed by atoms with E-state index in [2.05, 4.69) is 67.3 Å². The molecule has 0 radical (unpaired) electrons. The summed E-state index contributed by atoms with van der Waals surface area (Å²) < 4.78 is 0. The first kappa shape index (κ1) is 20.0. The molecule has 3 aromatic carbocycles. The normalized spacial score (nSPS) is 18.1. The van der Waals surface area contributed by atoms with Crippen LogP contribution < -0.4 is 4.90 Å². The summed E-state index contributed by atoms with van der Waals surface area (Å²) in [4.78, 5) is 28.7. The second-order valence-corrected chi connectivity index (χ2v) is 9.50. The molecule has 1 aliphatic carbocycles. The molecule has 1 fully saturated rings. The summed E-state index contributed by atoms with van der Waals surface area (Å²) in [5.41, 5.74) is 3.93. The molecule has 3 aromatic rings.